The summed E-state index contributed by atoms with van der Waals surface area (Å²) in [6.07, 6.45) is 1.90. The quantitative estimate of drug-likeness (QED) is 0.389. The summed E-state index contributed by atoms with van der Waals surface area (Å²) in [4.78, 5) is 40.5. The molecule has 7 nitrogen and oxygen atoms in total. The van der Waals surface area contributed by atoms with Crippen LogP contribution in [0.1, 0.15) is 26.0 Å². The molecule has 1 aromatic heterocycles. The number of amides is 3. The highest BCUT2D eigenvalue weighted by molar-refractivity contribution is 8.04. The molecule has 1 aliphatic heterocycles. The van der Waals surface area contributed by atoms with E-state index in [4.69, 9.17) is 4.42 Å². The van der Waals surface area contributed by atoms with Gasteiger partial charge in [0.2, 0.25) is 5.91 Å². The lowest BCUT2D eigenvalue weighted by molar-refractivity contribution is -0.138. The van der Waals surface area contributed by atoms with Crippen LogP contribution in [0.25, 0.3) is 0 Å². The van der Waals surface area contributed by atoms with E-state index in [1.165, 1.54) is 30.5 Å². The number of halogens is 1. The highest BCUT2D eigenvalue weighted by Crippen LogP contribution is 2.37. The molecule has 0 saturated carbocycles. The second-order valence-corrected chi connectivity index (χ2v) is 9.47. The van der Waals surface area contributed by atoms with E-state index in [1.807, 2.05) is 13.8 Å². The predicted molar refractivity (Wildman–Crippen MR) is 132 cm³/mol. The molecular weight excluding hydrogens is 469 g/mol. The highest BCUT2D eigenvalue weighted by atomic mass is 32.2. The van der Waals surface area contributed by atoms with Crippen LogP contribution in [0.2, 0.25) is 0 Å². The Morgan fingerprint density at radius 2 is 1.69 bits per heavy atom. The van der Waals surface area contributed by atoms with Gasteiger partial charge in [-0.15, -0.1) is 0 Å². The molecule has 2 heterocycles. The molecule has 0 unspecified atom stereocenters. The molecule has 1 aliphatic rings. The van der Waals surface area contributed by atoms with Gasteiger partial charge in [-0.1, -0.05) is 25.6 Å². The third-order valence-electron chi connectivity index (χ3n) is 5.08. The minimum Gasteiger partial charge on any atom is -0.467 e. The largest absolute Gasteiger partial charge is 0.467 e. The van der Waals surface area contributed by atoms with Crippen LogP contribution in [0, 0.1) is 11.7 Å². The first-order valence-electron chi connectivity index (χ1n) is 11.0. The minimum atomic E-state index is -0.504. The number of benzene rings is 2. The standard InChI is InChI=1S/C26H24FN3O4S/c1-16(2)14-22(31)28-18-9-11-21(12-10-18)35-24-23(29-19-7-5-17(27)6-8-19)25(32)30(26(24)33)15-20-4-3-13-34-20/h3-13,16,29H,14-15H2,1-2H3,(H,28,31). The summed E-state index contributed by atoms with van der Waals surface area (Å²) in [5.41, 5.74) is 1.23. The maximum atomic E-state index is 13.3. The van der Waals surface area contributed by atoms with Crippen molar-refractivity contribution < 1.29 is 23.2 Å². The number of furan rings is 1. The smallest absolute Gasteiger partial charge is 0.278 e. The Balaban J connectivity index is 1.57. The van der Waals surface area contributed by atoms with Gasteiger partial charge in [-0.05, 0) is 66.6 Å². The van der Waals surface area contributed by atoms with Crippen LogP contribution in [0.3, 0.4) is 0 Å². The average molecular weight is 494 g/mol. The van der Waals surface area contributed by atoms with Gasteiger partial charge in [0.15, 0.2) is 0 Å². The van der Waals surface area contributed by atoms with E-state index >= 15 is 0 Å². The number of nitrogens with zero attached hydrogens (tertiary/aromatic N) is 1. The molecule has 0 bridgehead atoms. The number of thioether (sulfide) groups is 1. The third kappa shape index (κ3) is 5.99. The van der Waals surface area contributed by atoms with Crippen molar-refractivity contribution >= 4 is 40.9 Å². The predicted octanol–water partition coefficient (Wildman–Crippen LogP) is 5.39. The molecule has 3 amide bonds. The fraction of sp³-hybridized carbons (Fsp3) is 0.192. The van der Waals surface area contributed by atoms with Crippen molar-refractivity contribution in [2.75, 3.05) is 10.6 Å². The summed E-state index contributed by atoms with van der Waals surface area (Å²) >= 11 is 1.14. The molecule has 4 rings (SSSR count). The third-order valence-corrected chi connectivity index (χ3v) is 6.18. The molecule has 3 aromatic rings. The summed E-state index contributed by atoms with van der Waals surface area (Å²) in [5, 5.41) is 5.82. The number of hydrogen-bond donors (Lipinski definition) is 2. The molecule has 0 fully saturated rings. The van der Waals surface area contributed by atoms with Crippen LogP contribution in [0.4, 0.5) is 15.8 Å². The fourth-order valence-corrected chi connectivity index (χ4v) is 4.39. The Labute approximate surface area is 206 Å². The Morgan fingerprint density at radius 1 is 1.00 bits per heavy atom. The van der Waals surface area contributed by atoms with Gasteiger partial charge < -0.3 is 15.1 Å². The molecule has 0 aliphatic carbocycles. The topological polar surface area (TPSA) is 91.7 Å². The zero-order valence-electron chi connectivity index (χ0n) is 19.2. The van der Waals surface area contributed by atoms with Crippen LogP contribution in [0.5, 0.6) is 0 Å². The van der Waals surface area contributed by atoms with Crippen molar-refractivity contribution in [2.45, 2.75) is 31.7 Å². The number of carbonyl (C=O) groups is 3. The molecule has 35 heavy (non-hydrogen) atoms. The summed E-state index contributed by atoms with van der Waals surface area (Å²) in [7, 11) is 0. The monoisotopic (exact) mass is 493 g/mol. The van der Waals surface area contributed by atoms with Gasteiger partial charge >= 0.3 is 0 Å². The maximum Gasteiger partial charge on any atom is 0.278 e. The minimum absolute atomic E-state index is 0.00978. The number of hydrogen-bond acceptors (Lipinski definition) is 6. The highest BCUT2D eigenvalue weighted by Gasteiger charge is 2.39. The lowest BCUT2D eigenvalue weighted by atomic mass is 10.1. The van der Waals surface area contributed by atoms with Crippen LogP contribution < -0.4 is 10.6 Å². The van der Waals surface area contributed by atoms with E-state index in [9.17, 15) is 18.8 Å². The van der Waals surface area contributed by atoms with E-state index in [-0.39, 0.29) is 29.0 Å². The molecular formula is C26H24FN3O4S. The average Bonchev–Trinajstić information content (AvgIpc) is 3.40. The summed E-state index contributed by atoms with van der Waals surface area (Å²) in [6.45, 7) is 3.93. The van der Waals surface area contributed by atoms with Gasteiger partial charge in [0, 0.05) is 22.7 Å². The van der Waals surface area contributed by atoms with Gasteiger partial charge in [0.1, 0.15) is 22.2 Å². The van der Waals surface area contributed by atoms with Crippen molar-refractivity contribution in [1.29, 1.82) is 0 Å². The normalized spacial score (nSPS) is 13.7. The Kier molecular flexibility index (Phi) is 7.36. The first-order valence-corrected chi connectivity index (χ1v) is 11.8. The number of imide groups is 1. The van der Waals surface area contributed by atoms with Crippen molar-refractivity contribution in [3.63, 3.8) is 0 Å². The van der Waals surface area contributed by atoms with Crippen molar-refractivity contribution in [3.05, 3.63) is 89.1 Å². The van der Waals surface area contributed by atoms with Crippen LogP contribution in [-0.2, 0) is 20.9 Å². The van der Waals surface area contributed by atoms with Gasteiger partial charge in [-0.25, -0.2) is 4.39 Å². The van der Waals surface area contributed by atoms with E-state index in [2.05, 4.69) is 10.6 Å². The zero-order chi connectivity index (χ0) is 24.9. The molecule has 0 spiro atoms. The molecule has 0 radical (unpaired) electrons. The lowest BCUT2D eigenvalue weighted by Gasteiger charge is -2.13. The molecule has 2 aromatic carbocycles. The van der Waals surface area contributed by atoms with Crippen LogP contribution >= 0.6 is 11.8 Å². The summed E-state index contributed by atoms with van der Waals surface area (Å²) < 4.78 is 18.7. The Bertz CT molecular complexity index is 1250. The first kappa shape index (κ1) is 24.3. The second-order valence-electron chi connectivity index (χ2n) is 8.38. The molecule has 0 atom stereocenters. The van der Waals surface area contributed by atoms with Crippen LogP contribution in [0.15, 0.2) is 86.8 Å². The lowest BCUT2D eigenvalue weighted by Crippen LogP contribution is -2.31. The van der Waals surface area contributed by atoms with E-state index in [0.29, 0.717) is 28.5 Å². The van der Waals surface area contributed by atoms with E-state index < -0.39 is 17.6 Å². The molecule has 0 saturated heterocycles. The Hall–Kier alpha value is -3.85. The summed E-state index contributed by atoms with van der Waals surface area (Å²) in [5.74, 6) is -0.725. The van der Waals surface area contributed by atoms with E-state index in [0.717, 1.165) is 16.7 Å². The Morgan fingerprint density at radius 3 is 2.31 bits per heavy atom. The number of anilines is 2. The van der Waals surface area contributed by atoms with E-state index in [1.54, 1.807) is 36.4 Å². The zero-order valence-corrected chi connectivity index (χ0v) is 20.0. The van der Waals surface area contributed by atoms with Gasteiger partial charge in [0.05, 0.1) is 12.8 Å². The van der Waals surface area contributed by atoms with Gasteiger partial charge in [-0.2, -0.15) is 0 Å². The summed E-state index contributed by atoms with van der Waals surface area (Å²) in [6, 6.07) is 15.9. The number of nitrogens with one attached hydrogen (secondary N) is 2. The molecule has 9 heteroatoms. The van der Waals surface area contributed by atoms with Gasteiger partial charge in [-0.3, -0.25) is 19.3 Å². The number of rotatable bonds is 9. The first-order chi connectivity index (χ1) is 16.8. The van der Waals surface area contributed by atoms with Crippen molar-refractivity contribution in [1.82, 2.24) is 4.90 Å². The molecule has 180 valence electrons. The van der Waals surface area contributed by atoms with Gasteiger partial charge in [0.25, 0.3) is 11.8 Å². The second kappa shape index (κ2) is 10.6. The number of carbonyl (C=O) groups excluding carboxylic acids is 3. The van der Waals surface area contributed by atoms with Crippen LogP contribution in [-0.4, -0.2) is 22.6 Å². The van der Waals surface area contributed by atoms with Crippen molar-refractivity contribution in [3.8, 4) is 0 Å². The van der Waals surface area contributed by atoms with Crippen molar-refractivity contribution in [2.24, 2.45) is 5.92 Å². The fourth-order valence-electron chi connectivity index (χ4n) is 3.45. The maximum absolute atomic E-state index is 13.3. The SMILES string of the molecule is CC(C)CC(=O)Nc1ccc(SC2=C(Nc3ccc(F)cc3)C(=O)N(Cc3ccco3)C2=O)cc1. The molecule has 2 N–H and O–H groups in total.